The summed E-state index contributed by atoms with van der Waals surface area (Å²) in [6.07, 6.45) is -1.63. The highest BCUT2D eigenvalue weighted by Gasteiger charge is 2.36. The second-order valence-corrected chi connectivity index (χ2v) is 6.13. The van der Waals surface area contributed by atoms with E-state index in [1.165, 1.54) is 13.2 Å². The number of aromatic carboxylic acids is 1. The molecule has 0 unspecified atom stereocenters. The number of nitrogens with zero attached hydrogens (tertiary/aromatic N) is 3. The molecule has 0 aliphatic carbocycles. The maximum absolute atomic E-state index is 13.3. The Morgan fingerprint density at radius 3 is 2.52 bits per heavy atom. The number of rotatable bonds is 5. The molecule has 0 amide bonds. The molecule has 6 nitrogen and oxygen atoms in total. The first-order chi connectivity index (χ1) is 12.8. The third kappa shape index (κ3) is 4.17. The van der Waals surface area contributed by atoms with E-state index in [1.807, 2.05) is 0 Å². The minimum Gasteiger partial charge on any atom is -0.497 e. The SMILES string of the molecule is COc1ccc(/C=C/c2cc(C(F)(F)F)n(-c3nc(C(=O)O)cs3)n2)cc1. The van der Waals surface area contributed by atoms with E-state index in [4.69, 9.17) is 9.84 Å². The van der Waals surface area contributed by atoms with Gasteiger partial charge in [-0.25, -0.2) is 14.5 Å². The standard InChI is InChI=1S/C17H12F3N3O3S/c1-26-12-6-3-10(4-7-12)2-5-11-8-14(17(18,19)20)23(22-11)16-21-13(9-27-16)15(24)25/h2-9H,1H3,(H,24,25)/b5-2+. The van der Waals surface area contributed by atoms with Gasteiger partial charge in [-0.15, -0.1) is 11.3 Å². The smallest absolute Gasteiger partial charge is 0.433 e. The molecule has 0 saturated heterocycles. The summed E-state index contributed by atoms with van der Waals surface area (Å²) in [5, 5.41) is 13.8. The second-order valence-electron chi connectivity index (χ2n) is 5.29. The second kappa shape index (κ2) is 7.23. The van der Waals surface area contributed by atoms with E-state index in [0.29, 0.717) is 10.4 Å². The van der Waals surface area contributed by atoms with Gasteiger partial charge in [0.1, 0.15) is 5.75 Å². The summed E-state index contributed by atoms with van der Waals surface area (Å²) in [5.41, 5.74) is -0.566. The van der Waals surface area contributed by atoms with E-state index < -0.39 is 17.8 Å². The Balaban J connectivity index is 1.95. The molecule has 0 atom stereocenters. The molecule has 27 heavy (non-hydrogen) atoms. The van der Waals surface area contributed by atoms with E-state index >= 15 is 0 Å². The molecule has 0 saturated carbocycles. The maximum atomic E-state index is 13.3. The van der Waals surface area contributed by atoms with Crippen LogP contribution in [0.4, 0.5) is 13.2 Å². The number of alkyl halides is 3. The average Bonchev–Trinajstić information content (AvgIpc) is 3.27. The highest BCUT2D eigenvalue weighted by atomic mass is 32.1. The zero-order valence-corrected chi connectivity index (χ0v) is 14.6. The van der Waals surface area contributed by atoms with Gasteiger partial charge in [0, 0.05) is 5.38 Å². The fourth-order valence-corrected chi connectivity index (χ4v) is 2.95. The van der Waals surface area contributed by atoms with Crippen molar-refractivity contribution in [1.82, 2.24) is 14.8 Å². The predicted molar refractivity (Wildman–Crippen MR) is 93.1 cm³/mol. The summed E-state index contributed by atoms with van der Waals surface area (Å²) < 4.78 is 45.6. The molecule has 0 radical (unpaired) electrons. The quantitative estimate of drug-likeness (QED) is 0.700. The topological polar surface area (TPSA) is 77.2 Å². The Hall–Kier alpha value is -3.14. The van der Waals surface area contributed by atoms with Crippen LogP contribution in [0.15, 0.2) is 35.7 Å². The van der Waals surface area contributed by atoms with E-state index in [9.17, 15) is 18.0 Å². The molecule has 1 N–H and O–H groups in total. The monoisotopic (exact) mass is 395 g/mol. The number of thiazole rings is 1. The van der Waals surface area contributed by atoms with Crippen molar-refractivity contribution in [3.8, 4) is 10.9 Å². The van der Waals surface area contributed by atoms with E-state index in [1.54, 1.807) is 30.3 Å². The van der Waals surface area contributed by atoms with Gasteiger partial charge in [-0.05, 0) is 29.8 Å². The van der Waals surface area contributed by atoms with Crippen LogP contribution in [0.5, 0.6) is 5.75 Å². The third-order valence-corrected chi connectivity index (χ3v) is 4.29. The zero-order chi connectivity index (χ0) is 19.6. The van der Waals surface area contributed by atoms with E-state index in [0.717, 1.165) is 28.3 Å². The maximum Gasteiger partial charge on any atom is 0.433 e. The van der Waals surface area contributed by atoms with Crippen LogP contribution in [0.2, 0.25) is 0 Å². The summed E-state index contributed by atoms with van der Waals surface area (Å²) in [4.78, 5) is 14.6. The average molecular weight is 395 g/mol. The van der Waals surface area contributed by atoms with Crippen LogP contribution in [-0.4, -0.2) is 33.0 Å². The van der Waals surface area contributed by atoms with Gasteiger partial charge in [0.05, 0.1) is 12.8 Å². The fourth-order valence-electron chi connectivity index (χ4n) is 2.19. The minimum absolute atomic E-state index is 0.0604. The van der Waals surface area contributed by atoms with Crippen LogP contribution in [0, 0.1) is 0 Å². The molecule has 0 bridgehead atoms. The van der Waals surface area contributed by atoms with Gasteiger partial charge in [-0.3, -0.25) is 0 Å². The van der Waals surface area contributed by atoms with Crippen molar-refractivity contribution in [3.05, 3.63) is 58.4 Å². The van der Waals surface area contributed by atoms with Gasteiger partial charge >= 0.3 is 12.1 Å². The number of hydrogen-bond acceptors (Lipinski definition) is 5. The van der Waals surface area contributed by atoms with Crippen molar-refractivity contribution in [2.75, 3.05) is 7.11 Å². The molecule has 2 heterocycles. The lowest BCUT2D eigenvalue weighted by molar-refractivity contribution is -0.142. The van der Waals surface area contributed by atoms with Crippen molar-refractivity contribution in [2.45, 2.75) is 6.18 Å². The summed E-state index contributed by atoms with van der Waals surface area (Å²) >= 11 is 0.764. The predicted octanol–water partition coefficient (Wildman–Crippen LogP) is 4.22. The summed E-state index contributed by atoms with van der Waals surface area (Å²) in [7, 11) is 1.53. The summed E-state index contributed by atoms with van der Waals surface area (Å²) in [6, 6.07) is 7.82. The van der Waals surface area contributed by atoms with Gasteiger partial charge in [0.15, 0.2) is 11.4 Å². The molecule has 0 aliphatic rings. The van der Waals surface area contributed by atoms with Gasteiger partial charge in [0.25, 0.3) is 0 Å². The zero-order valence-electron chi connectivity index (χ0n) is 13.8. The van der Waals surface area contributed by atoms with Crippen molar-refractivity contribution < 1.29 is 27.8 Å². The van der Waals surface area contributed by atoms with Crippen LogP contribution < -0.4 is 4.74 Å². The molecule has 0 spiro atoms. The highest BCUT2D eigenvalue weighted by molar-refractivity contribution is 7.12. The number of carbonyl (C=O) groups is 1. The van der Waals surface area contributed by atoms with Crippen LogP contribution >= 0.6 is 11.3 Å². The number of carboxylic acids is 1. The molecule has 140 valence electrons. The molecule has 1 aromatic carbocycles. The normalized spacial score (nSPS) is 11.9. The number of methoxy groups -OCH3 is 1. The number of halogens is 3. The van der Waals surface area contributed by atoms with Gasteiger partial charge < -0.3 is 9.84 Å². The summed E-state index contributed by atoms with van der Waals surface area (Å²) in [6.45, 7) is 0. The lowest BCUT2D eigenvalue weighted by Crippen LogP contribution is -2.13. The lowest BCUT2D eigenvalue weighted by atomic mass is 10.2. The first-order valence-corrected chi connectivity index (χ1v) is 8.34. The van der Waals surface area contributed by atoms with Crippen molar-refractivity contribution in [3.63, 3.8) is 0 Å². The highest BCUT2D eigenvalue weighted by Crippen LogP contribution is 2.32. The third-order valence-electron chi connectivity index (χ3n) is 3.47. The summed E-state index contributed by atoms with van der Waals surface area (Å²) in [5.74, 6) is -0.661. The minimum atomic E-state index is -4.67. The Morgan fingerprint density at radius 2 is 1.96 bits per heavy atom. The molecule has 0 aliphatic heterocycles. The van der Waals surface area contributed by atoms with Gasteiger partial charge in [-0.1, -0.05) is 18.2 Å². The largest absolute Gasteiger partial charge is 0.497 e. The molecule has 0 fully saturated rings. The number of hydrogen-bond donors (Lipinski definition) is 1. The Kier molecular flexibility index (Phi) is 5.00. The number of benzene rings is 1. The molecular weight excluding hydrogens is 383 g/mol. The molecule has 3 rings (SSSR count). The van der Waals surface area contributed by atoms with Crippen LogP contribution in [0.1, 0.15) is 27.4 Å². The van der Waals surface area contributed by atoms with Crippen molar-refractivity contribution in [1.29, 1.82) is 0 Å². The van der Waals surface area contributed by atoms with Crippen LogP contribution in [0.3, 0.4) is 0 Å². The molecule has 3 aromatic rings. The van der Waals surface area contributed by atoms with Gasteiger partial charge in [-0.2, -0.15) is 18.3 Å². The van der Waals surface area contributed by atoms with E-state index in [2.05, 4.69) is 10.1 Å². The number of ether oxygens (including phenoxy) is 1. The Bertz CT molecular complexity index is 991. The number of aromatic nitrogens is 3. The lowest BCUT2D eigenvalue weighted by Gasteiger charge is -2.06. The first-order valence-electron chi connectivity index (χ1n) is 7.46. The van der Waals surface area contributed by atoms with Crippen molar-refractivity contribution >= 4 is 29.5 Å². The Labute approximate surface area is 155 Å². The number of carboxylic acid groups (broad SMARTS) is 1. The van der Waals surface area contributed by atoms with E-state index in [-0.39, 0.29) is 16.5 Å². The Morgan fingerprint density at radius 1 is 1.26 bits per heavy atom. The van der Waals surface area contributed by atoms with Crippen LogP contribution in [0.25, 0.3) is 17.3 Å². The first kappa shape index (κ1) is 18.6. The van der Waals surface area contributed by atoms with Crippen LogP contribution in [-0.2, 0) is 6.18 Å². The molecule has 2 aromatic heterocycles. The fraction of sp³-hybridized carbons (Fsp3) is 0.118. The van der Waals surface area contributed by atoms with Gasteiger partial charge in [0.2, 0.25) is 5.13 Å². The molecular formula is C17H12F3N3O3S. The molecule has 10 heteroatoms. The van der Waals surface area contributed by atoms with Crippen molar-refractivity contribution in [2.24, 2.45) is 0 Å².